The summed E-state index contributed by atoms with van der Waals surface area (Å²) >= 11 is 1.08. The summed E-state index contributed by atoms with van der Waals surface area (Å²) in [7, 11) is 0. The molecule has 21 heavy (non-hydrogen) atoms. The number of ether oxygens (including phenoxy) is 1. The van der Waals surface area contributed by atoms with Crippen LogP contribution in [0.15, 0.2) is 58.9 Å². The van der Waals surface area contributed by atoms with E-state index in [1.54, 1.807) is 17.8 Å². The molecule has 1 aromatic carbocycles. The number of rotatable bonds is 4. The van der Waals surface area contributed by atoms with Crippen LogP contribution >= 0.6 is 11.3 Å². The second-order valence-corrected chi connectivity index (χ2v) is 5.17. The highest BCUT2D eigenvalue weighted by Crippen LogP contribution is 2.23. The second kappa shape index (κ2) is 5.76. The van der Waals surface area contributed by atoms with Crippen LogP contribution in [0.2, 0.25) is 0 Å². The van der Waals surface area contributed by atoms with Crippen LogP contribution in [0.1, 0.15) is 5.56 Å². The Labute approximate surface area is 124 Å². The lowest BCUT2D eigenvalue weighted by atomic mass is 10.3. The van der Waals surface area contributed by atoms with Gasteiger partial charge in [0.05, 0.1) is 11.1 Å². The Morgan fingerprint density at radius 1 is 1.38 bits per heavy atom. The molecule has 0 fully saturated rings. The Morgan fingerprint density at radius 3 is 2.90 bits per heavy atom. The maximum atomic E-state index is 10.6. The molecule has 0 saturated carbocycles. The standard InChI is InChI=1S/C14H11N3O3S/c18-17(19)14-6-11(9-21-14)7-15-13-8-16(10-20-13)12-4-2-1-3-5-12/h1-9H,10H2. The van der Waals surface area contributed by atoms with E-state index < -0.39 is 4.92 Å². The van der Waals surface area contributed by atoms with Gasteiger partial charge in [-0.1, -0.05) is 29.5 Å². The lowest BCUT2D eigenvalue weighted by molar-refractivity contribution is -0.380. The van der Waals surface area contributed by atoms with Gasteiger partial charge in [-0.05, 0) is 12.1 Å². The molecule has 0 radical (unpaired) electrons. The van der Waals surface area contributed by atoms with E-state index in [2.05, 4.69) is 4.99 Å². The highest BCUT2D eigenvalue weighted by molar-refractivity contribution is 7.13. The molecule has 0 saturated heterocycles. The van der Waals surface area contributed by atoms with Gasteiger partial charge in [-0.15, -0.1) is 0 Å². The molecule has 1 aromatic heterocycles. The zero-order valence-electron chi connectivity index (χ0n) is 10.9. The molecule has 7 heteroatoms. The van der Waals surface area contributed by atoms with Crippen molar-refractivity contribution in [1.29, 1.82) is 0 Å². The number of aliphatic imine (C=N–C) groups is 1. The predicted octanol–water partition coefficient (Wildman–Crippen LogP) is 3.37. The predicted molar refractivity (Wildman–Crippen MR) is 81.5 cm³/mol. The zero-order chi connectivity index (χ0) is 14.7. The van der Waals surface area contributed by atoms with Crippen LogP contribution in [-0.4, -0.2) is 17.9 Å². The SMILES string of the molecule is O=[N+]([O-])c1cc(C=NC2=CN(c3ccccc3)CO2)cs1. The number of thiophene rings is 1. The molecule has 1 aliphatic rings. The molecule has 2 aromatic rings. The van der Waals surface area contributed by atoms with Gasteiger partial charge in [0.15, 0.2) is 6.73 Å². The third-order valence-electron chi connectivity index (χ3n) is 2.83. The minimum atomic E-state index is -0.412. The molecule has 0 spiro atoms. The Bertz CT molecular complexity index is 709. The fraction of sp³-hybridized carbons (Fsp3) is 0.0714. The van der Waals surface area contributed by atoms with Crippen molar-refractivity contribution in [2.45, 2.75) is 0 Å². The quantitative estimate of drug-likeness (QED) is 0.493. The number of nitro groups is 1. The lowest BCUT2D eigenvalue weighted by Crippen LogP contribution is -2.12. The highest BCUT2D eigenvalue weighted by Gasteiger charge is 2.14. The average molecular weight is 301 g/mol. The van der Waals surface area contributed by atoms with E-state index in [0.717, 1.165) is 17.0 Å². The number of hydrogen-bond acceptors (Lipinski definition) is 6. The molecular weight excluding hydrogens is 290 g/mol. The summed E-state index contributed by atoms with van der Waals surface area (Å²) in [4.78, 5) is 16.3. The first kappa shape index (κ1) is 13.3. The van der Waals surface area contributed by atoms with Crippen LogP contribution in [0, 0.1) is 10.1 Å². The Balaban J connectivity index is 1.70. The van der Waals surface area contributed by atoms with Gasteiger partial charge in [-0.2, -0.15) is 0 Å². The van der Waals surface area contributed by atoms with Crippen molar-refractivity contribution < 1.29 is 9.66 Å². The van der Waals surface area contributed by atoms with E-state index in [9.17, 15) is 10.1 Å². The van der Waals surface area contributed by atoms with Crippen LogP contribution in [0.3, 0.4) is 0 Å². The fourth-order valence-electron chi connectivity index (χ4n) is 1.82. The molecule has 6 nitrogen and oxygen atoms in total. The summed E-state index contributed by atoms with van der Waals surface area (Å²) in [5.41, 5.74) is 1.71. The Hall–Kier alpha value is -2.67. The van der Waals surface area contributed by atoms with Crippen LogP contribution in [0.25, 0.3) is 0 Å². The summed E-state index contributed by atoms with van der Waals surface area (Å²) in [6.45, 7) is 0.403. The van der Waals surface area contributed by atoms with E-state index in [1.165, 1.54) is 6.07 Å². The third-order valence-corrected chi connectivity index (χ3v) is 3.73. The normalized spacial score (nSPS) is 14.3. The molecule has 0 amide bonds. The molecule has 0 bridgehead atoms. The van der Waals surface area contributed by atoms with Gasteiger partial charge in [0, 0.05) is 28.9 Å². The molecule has 1 aliphatic heterocycles. The third kappa shape index (κ3) is 3.09. The van der Waals surface area contributed by atoms with Crippen molar-refractivity contribution in [3.63, 3.8) is 0 Å². The van der Waals surface area contributed by atoms with Crippen LogP contribution in [0.5, 0.6) is 0 Å². The van der Waals surface area contributed by atoms with Crippen molar-refractivity contribution in [2.75, 3.05) is 11.6 Å². The molecule has 3 rings (SSSR count). The molecular formula is C14H11N3O3S. The topological polar surface area (TPSA) is 68.0 Å². The van der Waals surface area contributed by atoms with Gasteiger partial charge in [-0.25, -0.2) is 4.99 Å². The van der Waals surface area contributed by atoms with E-state index in [0.29, 0.717) is 18.2 Å². The molecule has 0 N–H and O–H groups in total. The number of nitrogens with zero attached hydrogens (tertiary/aromatic N) is 3. The van der Waals surface area contributed by atoms with Crippen molar-refractivity contribution in [1.82, 2.24) is 0 Å². The summed E-state index contributed by atoms with van der Waals surface area (Å²) in [5.74, 6) is 0.479. The summed E-state index contributed by atoms with van der Waals surface area (Å²) < 4.78 is 5.45. The fourth-order valence-corrected chi connectivity index (χ4v) is 2.50. The minimum Gasteiger partial charge on any atom is -0.455 e. The van der Waals surface area contributed by atoms with Crippen molar-refractivity contribution in [3.05, 3.63) is 69.5 Å². The largest absolute Gasteiger partial charge is 0.455 e. The number of para-hydroxylation sites is 1. The summed E-state index contributed by atoms with van der Waals surface area (Å²) in [6.07, 6.45) is 3.36. The van der Waals surface area contributed by atoms with Gasteiger partial charge in [0.25, 0.3) is 0 Å². The maximum absolute atomic E-state index is 10.6. The lowest BCUT2D eigenvalue weighted by Gasteiger charge is -2.11. The van der Waals surface area contributed by atoms with E-state index in [1.807, 2.05) is 35.2 Å². The average Bonchev–Trinajstić information content (AvgIpc) is 3.15. The van der Waals surface area contributed by atoms with Gasteiger partial charge in [-0.3, -0.25) is 10.1 Å². The van der Waals surface area contributed by atoms with Crippen LogP contribution < -0.4 is 4.90 Å². The first-order valence-electron chi connectivity index (χ1n) is 6.16. The summed E-state index contributed by atoms with van der Waals surface area (Å²) in [5, 5.41) is 12.4. The van der Waals surface area contributed by atoms with Gasteiger partial charge >= 0.3 is 5.00 Å². The van der Waals surface area contributed by atoms with Gasteiger partial charge in [0.1, 0.15) is 0 Å². The summed E-state index contributed by atoms with van der Waals surface area (Å²) in [6, 6.07) is 11.3. The molecule has 0 aliphatic carbocycles. The first-order valence-corrected chi connectivity index (χ1v) is 7.03. The highest BCUT2D eigenvalue weighted by atomic mass is 32.1. The molecule has 106 valence electrons. The van der Waals surface area contributed by atoms with Gasteiger partial charge in [0.2, 0.25) is 5.88 Å². The minimum absolute atomic E-state index is 0.101. The van der Waals surface area contributed by atoms with Crippen molar-refractivity contribution in [3.8, 4) is 0 Å². The van der Waals surface area contributed by atoms with Crippen LogP contribution in [0.4, 0.5) is 10.7 Å². The number of hydrogen-bond donors (Lipinski definition) is 0. The van der Waals surface area contributed by atoms with Crippen molar-refractivity contribution in [2.24, 2.45) is 4.99 Å². The maximum Gasteiger partial charge on any atom is 0.324 e. The zero-order valence-corrected chi connectivity index (χ0v) is 11.7. The molecule has 2 heterocycles. The number of benzene rings is 1. The smallest absolute Gasteiger partial charge is 0.324 e. The second-order valence-electron chi connectivity index (χ2n) is 4.28. The monoisotopic (exact) mass is 301 g/mol. The van der Waals surface area contributed by atoms with E-state index in [4.69, 9.17) is 4.74 Å². The van der Waals surface area contributed by atoms with Crippen LogP contribution in [-0.2, 0) is 4.74 Å². The molecule has 0 atom stereocenters. The first-order chi connectivity index (χ1) is 10.2. The van der Waals surface area contributed by atoms with Gasteiger partial charge < -0.3 is 9.64 Å². The van der Waals surface area contributed by atoms with E-state index >= 15 is 0 Å². The Morgan fingerprint density at radius 2 is 2.19 bits per heavy atom. The van der Waals surface area contributed by atoms with E-state index in [-0.39, 0.29) is 5.00 Å². The Kier molecular flexibility index (Phi) is 3.65. The molecule has 0 unspecified atom stereocenters. The number of anilines is 1. The van der Waals surface area contributed by atoms with Crippen molar-refractivity contribution >= 4 is 28.2 Å².